The molecule has 0 aliphatic carbocycles. The van der Waals surface area contributed by atoms with Gasteiger partial charge in [-0.3, -0.25) is 4.79 Å². The molecule has 0 bridgehead atoms. The number of carbonyl (C=O) groups excluding carboxylic acids is 1. The minimum absolute atomic E-state index is 0.273. The molecular weight excluding hydrogens is 268 g/mol. The van der Waals surface area contributed by atoms with E-state index in [-0.39, 0.29) is 5.91 Å². The van der Waals surface area contributed by atoms with Gasteiger partial charge in [0, 0.05) is 13.0 Å². The van der Waals surface area contributed by atoms with Crippen LogP contribution in [-0.2, 0) is 22.6 Å². The number of amides is 1. The van der Waals surface area contributed by atoms with Crippen molar-refractivity contribution in [2.24, 2.45) is 11.7 Å². The summed E-state index contributed by atoms with van der Waals surface area (Å²) in [5.41, 5.74) is 7.94. The van der Waals surface area contributed by atoms with E-state index in [2.05, 4.69) is 0 Å². The zero-order chi connectivity index (χ0) is 15.6. The average Bonchev–Trinajstić information content (AvgIpc) is 2.44. The number of rotatable bonds is 4. The van der Waals surface area contributed by atoms with Crippen LogP contribution in [0.1, 0.15) is 31.4 Å². The Balaban J connectivity index is 2.24. The second kappa shape index (κ2) is 6.26. The van der Waals surface area contributed by atoms with Crippen molar-refractivity contribution < 1.29 is 14.7 Å². The Labute approximate surface area is 124 Å². The number of carboxylic acid groups (broad SMARTS) is 1. The van der Waals surface area contributed by atoms with E-state index in [1.165, 1.54) is 4.90 Å². The molecule has 1 aliphatic rings. The molecule has 1 aromatic carbocycles. The van der Waals surface area contributed by atoms with Crippen LogP contribution < -0.4 is 5.73 Å². The highest BCUT2D eigenvalue weighted by molar-refractivity contribution is 5.87. The van der Waals surface area contributed by atoms with Crippen molar-refractivity contribution in [3.8, 4) is 0 Å². The maximum absolute atomic E-state index is 12.5. The Morgan fingerprint density at radius 3 is 2.52 bits per heavy atom. The fourth-order valence-electron chi connectivity index (χ4n) is 2.80. The van der Waals surface area contributed by atoms with E-state index in [4.69, 9.17) is 5.73 Å². The van der Waals surface area contributed by atoms with Gasteiger partial charge in [-0.25, -0.2) is 4.79 Å². The van der Waals surface area contributed by atoms with Crippen LogP contribution in [0.4, 0.5) is 0 Å². The second-order valence-corrected chi connectivity index (χ2v) is 6.03. The maximum Gasteiger partial charge on any atom is 0.326 e. The Kier molecular flexibility index (Phi) is 4.63. The van der Waals surface area contributed by atoms with Crippen LogP contribution in [0.15, 0.2) is 24.3 Å². The SMILES string of the molecule is CC(C)C[C@@H](N)C(=O)N1Cc2ccccc2C[C@@H]1C(=O)O. The average molecular weight is 290 g/mol. The zero-order valence-electron chi connectivity index (χ0n) is 12.5. The lowest BCUT2D eigenvalue weighted by Gasteiger charge is -2.36. The Hall–Kier alpha value is -1.88. The van der Waals surface area contributed by atoms with Gasteiger partial charge in [0.05, 0.1) is 6.04 Å². The van der Waals surface area contributed by atoms with Gasteiger partial charge in [-0.05, 0) is 23.5 Å². The number of nitrogens with zero attached hydrogens (tertiary/aromatic N) is 1. The van der Waals surface area contributed by atoms with Gasteiger partial charge in [0.25, 0.3) is 0 Å². The zero-order valence-corrected chi connectivity index (χ0v) is 12.5. The predicted molar refractivity (Wildman–Crippen MR) is 79.6 cm³/mol. The number of benzene rings is 1. The molecule has 0 aromatic heterocycles. The van der Waals surface area contributed by atoms with Gasteiger partial charge in [0.1, 0.15) is 6.04 Å². The number of hydrogen-bond acceptors (Lipinski definition) is 3. The van der Waals surface area contributed by atoms with Crippen molar-refractivity contribution in [2.75, 3.05) is 0 Å². The van der Waals surface area contributed by atoms with Gasteiger partial charge in [-0.15, -0.1) is 0 Å². The fraction of sp³-hybridized carbons (Fsp3) is 0.500. The minimum atomic E-state index is -0.977. The number of fused-ring (bicyclic) bond motifs is 1. The summed E-state index contributed by atoms with van der Waals surface area (Å²) in [6.45, 7) is 4.30. The van der Waals surface area contributed by atoms with Crippen LogP contribution in [-0.4, -0.2) is 34.0 Å². The van der Waals surface area contributed by atoms with E-state index in [1.54, 1.807) is 0 Å². The van der Waals surface area contributed by atoms with E-state index in [9.17, 15) is 14.7 Å². The normalized spacial score (nSPS) is 19.2. The molecule has 1 aliphatic heterocycles. The topological polar surface area (TPSA) is 83.6 Å². The van der Waals surface area contributed by atoms with Gasteiger partial charge in [0.15, 0.2) is 0 Å². The highest BCUT2D eigenvalue weighted by Gasteiger charge is 2.36. The predicted octanol–water partition coefficient (Wildman–Crippen LogP) is 1.40. The highest BCUT2D eigenvalue weighted by atomic mass is 16.4. The fourth-order valence-corrected chi connectivity index (χ4v) is 2.80. The third kappa shape index (κ3) is 3.42. The van der Waals surface area contributed by atoms with Gasteiger partial charge in [-0.2, -0.15) is 0 Å². The molecule has 2 rings (SSSR count). The standard InChI is InChI=1S/C16H22N2O3/c1-10(2)7-13(17)15(19)18-9-12-6-4-3-5-11(12)8-14(18)16(20)21/h3-6,10,13-14H,7-9,17H2,1-2H3,(H,20,21)/t13-,14-/m1/s1. The summed E-state index contributed by atoms with van der Waals surface area (Å²) in [5, 5.41) is 9.41. The largest absolute Gasteiger partial charge is 0.480 e. The molecule has 5 nitrogen and oxygen atoms in total. The third-order valence-electron chi connectivity index (χ3n) is 3.86. The van der Waals surface area contributed by atoms with Crippen molar-refractivity contribution in [3.05, 3.63) is 35.4 Å². The molecule has 0 saturated heterocycles. The summed E-state index contributed by atoms with van der Waals surface area (Å²) in [7, 11) is 0. The number of aliphatic carboxylic acids is 1. The Bertz CT molecular complexity index is 542. The molecule has 1 amide bonds. The quantitative estimate of drug-likeness (QED) is 0.878. The second-order valence-electron chi connectivity index (χ2n) is 6.03. The van der Waals surface area contributed by atoms with E-state index < -0.39 is 18.1 Å². The third-order valence-corrected chi connectivity index (χ3v) is 3.86. The van der Waals surface area contributed by atoms with Crippen molar-refractivity contribution in [1.82, 2.24) is 4.90 Å². The van der Waals surface area contributed by atoms with Crippen LogP contribution in [0.2, 0.25) is 0 Å². The number of carbonyl (C=O) groups is 2. The molecule has 0 fully saturated rings. The molecule has 1 aromatic rings. The van der Waals surface area contributed by atoms with Crippen molar-refractivity contribution >= 4 is 11.9 Å². The number of nitrogens with two attached hydrogens (primary N) is 1. The van der Waals surface area contributed by atoms with E-state index >= 15 is 0 Å². The lowest BCUT2D eigenvalue weighted by molar-refractivity contribution is -0.152. The van der Waals surface area contributed by atoms with Crippen LogP contribution in [0.3, 0.4) is 0 Å². The molecular formula is C16H22N2O3. The first kappa shape index (κ1) is 15.5. The molecule has 2 atom stereocenters. The van der Waals surface area contributed by atoms with E-state index in [1.807, 2.05) is 38.1 Å². The molecule has 114 valence electrons. The molecule has 3 N–H and O–H groups in total. The maximum atomic E-state index is 12.5. The van der Waals surface area contributed by atoms with E-state index in [0.717, 1.165) is 11.1 Å². The Morgan fingerprint density at radius 1 is 1.33 bits per heavy atom. The lowest BCUT2D eigenvalue weighted by atomic mass is 9.92. The van der Waals surface area contributed by atoms with E-state index in [0.29, 0.717) is 25.3 Å². The van der Waals surface area contributed by atoms with Crippen LogP contribution in [0.25, 0.3) is 0 Å². The smallest absolute Gasteiger partial charge is 0.326 e. The van der Waals surface area contributed by atoms with Gasteiger partial charge in [-0.1, -0.05) is 38.1 Å². The molecule has 1 heterocycles. The van der Waals surface area contributed by atoms with Gasteiger partial charge in [0.2, 0.25) is 5.91 Å². The van der Waals surface area contributed by atoms with Gasteiger partial charge < -0.3 is 15.7 Å². The number of carboxylic acids is 1. The molecule has 0 unspecified atom stereocenters. The summed E-state index contributed by atoms with van der Waals surface area (Å²) >= 11 is 0. The first-order chi connectivity index (χ1) is 9.90. The molecule has 21 heavy (non-hydrogen) atoms. The lowest BCUT2D eigenvalue weighted by Crippen LogP contribution is -2.54. The summed E-state index contributed by atoms with van der Waals surface area (Å²) in [6.07, 6.45) is 0.898. The summed E-state index contributed by atoms with van der Waals surface area (Å²) < 4.78 is 0. The number of hydrogen-bond donors (Lipinski definition) is 2. The van der Waals surface area contributed by atoms with Gasteiger partial charge >= 0.3 is 5.97 Å². The summed E-state index contributed by atoms with van der Waals surface area (Å²) in [6, 6.07) is 6.17. The summed E-state index contributed by atoms with van der Waals surface area (Å²) in [5.74, 6) is -0.954. The monoisotopic (exact) mass is 290 g/mol. The van der Waals surface area contributed by atoms with Crippen LogP contribution in [0, 0.1) is 5.92 Å². The van der Waals surface area contributed by atoms with Crippen molar-refractivity contribution in [2.45, 2.75) is 45.3 Å². The first-order valence-corrected chi connectivity index (χ1v) is 7.25. The highest BCUT2D eigenvalue weighted by Crippen LogP contribution is 2.24. The summed E-state index contributed by atoms with van der Waals surface area (Å²) in [4.78, 5) is 25.4. The molecule has 0 spiro atoms. The first-order valence-electron chi connectivity index (χ1n) is 7.25. The molecule has 5 heteroatoms. The van der Waals surface area contributed by atoms with Crippen LogP contribution in [0.5, 0.6) is 0 Å². The van der Waals surface area contributed by atoms with Crippen molar-refractivity contribution in [3.63, 3.8) is 0 Å². The Morgan fingerprint density at radius 2 is 1.95 bits per heavy atom. The minimum Gasteiger partial charge on any atom is -0.480 e. The molecule has 0 radical (unpaired) electrons. The van der Waals surface area contributed by atoms with Crippen LogP contribution >= 0.6 is 0 Å². The molecule has 0 saturated carbocycles. The van der Waals surface area contributed by atoms with Crippen molar-refractivity contribution in [1.29, 1.82) is 0 Å².